The smallest absolute Gasteiger partial charge is 0.214 e. The first-order chi connectivity index (χ1) is 6.67. The third-order valence-corrected chi connectivity index (χ3v) is 4.27. The summed E-state index contributed by atoms with van der Waals surface area (Å²) in [5.74, 6) is 0. The zero-order chi connectivity index (χ0) is 10.4. The van der Waals surface area contributed by atoms with Crippen LogP contribution in [-0.2, 0) is 10.0 Å². The van der Waals surface area contributed by atoms with E-state index < -0.39 is 10.0 Å². The zero-order valence-electron chi connectivity index (χ0n) is 7.89. The van der Waals surface area contributed by atoms with E-state index in [1.54, 1.807) is 0 Å². The van der Waals surface area contributed by atoms with Gasteiger partial charge in [-0.3, -0.25) is 0 Å². The maximum atomic E-state index is 11.6. The third kappa shape index (κ3) is 3.17. The summed E-state index contributed by atoms with van der Waals surface area (Å²) < 4.78 is 25.5. The van der Waals surface area contributed by atoms with Crippen LogP contribution in [0.5, 0.6) is 0 Å². The van der Waals surface area contributed by atoms with Gasteiger partial charge in [-0.1, -0.05) is 18.0 Å². The highest BCUT2D eigenvalue weighted by atomic mass is 32.2. The largest absolute Gasteiger partial charge is 0.215 e. The Balaban J connectivity index is 2.37. The van der Waals surface area contributed by atoms with E-state index in [0.717, 1.165) is 25.7 Å². The van der Waals surface area contributed by atoms with E-state index in [0.29, 0.717) is 0 Å². The topological polar surface area (TPSA) is 94.9 Å². The van der Waals surface area contributed by atoms with Gasteiger partial charge in [-0.05, 0) is 18.4 Å². The Hall–Kier alpha value is -0.780. The molecule has 0 heterocycles. The molecular weight excluding hydrogens is 204 g/mol. The lowest BCUT2D eigenvalue weighted by Gasteiger charge is -2.10. The van der Waals surface area contributed by atoms with Crippen molar-refractivity contribution in [3.05, 3.63) is 10.4 Å². The molecule has 0 aromatic carbocycles. The molecule has 0 saturated heterocycles. The quantitative estimate of drug-likeness (QED) is 0.324. The van der Waals surface area contributed by atoms with Crippen LogP contribution in [0.15, 0.2) is 5.11 Å². The van der Waals surface area contributed by atoms with Crippen LogP contribution in [0, 0.1) is 0 Å². The second kappa shape index (κ2) is 5.19. The minimum atomic E-state index is -3.17. The van der Waals surface area contributed by atoms with Crippen molar-refractivity contribution in [1.82, 2.24) is 4.72 Å². The fourth-order valence-electron chi connectivity index (χ4n) is 1.60. The van der Waals surface area contributed by atoms with Gasteiger partial charge >= 0.3 is 0 Å². The molecule has 0 spiro atoms. The van der Waals surface area contributed by atoms with Crippen molar-refractivity contribution in [3.63, 3.8) is 0 Å². The number of nitrogens with one attached hydrogen (secondary N) is 1. The lowest BCUT2D eigenvalue weighted by atomic mass is 10.4. The predicted molar refractivity (Wildman–Crippen MR) is 53.2 cm³/mol. The van der Waals surface area contributed by atoms with Gasteiger partial charge in [-0.25, -0.2) is 13.1 Å². The summed E-state index contributed by atoms with van der Waals surface area (Å²) in [6.07, 6.45) is 3.47. The summed E-state index contributed by atoms with van der Waals surface area (Å²) in [4.78, 5) is 2.54. The van der Waals surface area contributed by atoms with Gasteiger partial charge in [-0.15, -0.1) is 0 Å². The Labute approximate surface area is 83.4 Å². The summed E-state index contributed by atoms with van der Waals surface area (Å²) in [6, 6.07) is 0. The lowest BCUT2D eigenvalue weighted by Crippen LogP contribution is -2.34. The maximum Gasteiger partial charge on any atom is 0.214 e. The molecule has 0 atom stereocenters. The van der Waals surface area contributed by atoms with Crippen LogP contribution in [0.4, 0.5) is 0 Å². The third-order valence-electron chi connectivity index (χ3n) is 2.32. The van der Waals surface area contributed by atoms with Gasteiger partial charge in [0.25, 0.3) is 0 Å². The number of hydrogen-bond donors (Lipinski definition) is 1. The standard InChI is InChI=1S/C7H14N4O2S/c8-11-9-5-6-10-14(12,13)7-3-1-2-4-7/h7,10H,1-6H2. The van der Waals surface area contributed by atoms with Crippen LogP contribution < -0.4 is 4.72 Å². The van der Waals surface area contributed by atoms with Gasteiger partial charge in [-0.2, -0.15) is 0 Å². The normalized spacial score (nSPS) is 18.0. The first kappa shape index (κ1) is 11.3. The molecule has 1 fully saturated rings. The molecule has 1 N–H and O–H groups in total. The summed E-state index contributed by atoms with van der Waals surface area (Å²) in [6.45, 7) is 0.366. The molecule has 0 aromatic rings. The van der Waals surface area contributed by atoms with Crippen LogP contribution in [0.1, 0.15) is 25.7 Å². The molecule has 1 rings (SSSR count). The lowest BCUT2D eigenvalue weighted by molar-refractivity contribution is 0.565. The molecule has 14 heavy (non-hydrogen) atoms. The molecule has 0 aromatic heterocycles. The Morgan fingerprint density at radius 1 is 1.43 bits per heavy atom. The van der Waals surface area contributed by atoms with Crippen molar-refractivity contribution in [3.8, 4) is 0 Å². The van der Waals surface area contributed by atoms with Gasteiger partial charge in [0, 0.05) is 18.0 Å². The molecule has 80 valence electrons. The van der Waals surface area contributed by atoms with Crippen molar-refractivity contribution in [2.24, 2.45) is 5.11 Å². The van der Waals surface area contributed by atoms with Gasteiger partial charge in [0.1, 0.15) is 0 Å². The van der Waals surface area contributed by atoms with Gasteiger partial charge in [0.05, 0.1) is 5.25 Å². The molecule has 0 radical (unpaired) electrons. The first-order valence-electron chi connectivity index (χ1n) is 4.66. The molecule has 0 unspecified atom stereocenters. The Morgan fingerprint density at radius 3 is 2.64 bits per heavy atom. The SMILES string of the molecule is [N-]=[N+]=NCCNS(=O)(=O)C1CCCC1. The second-order valence-corrected chi connectivity index (χ2v) is 5.35. The summed E-state index contributed by atoms with van der Waals surface area (Å²) in [5, 5.41) is 3.01. The van der Waals surface area contributed by atoms with Gasteiger partial charge in [0.15, 0.2) is 0 Å². The van der Waals surface area contributed by atoms with Crippen LogP contribution in [0.25, 0.3) is 10.4 Å². The van der Waals surface area contributed by atoms with Gasteiger partial charge in [0.2, 0.25) is 10.0 Å². The average Bonchev–Trinajstić information content (AvgIpc) is 2.65. The number of rotatable bonds is 5. The average molecular weight is 218 g/mol. The van der Waals surface area contributed by atoms with Crippen molar-refractivity contribution < 1.29 is 8.42 Å². The van der Waals surface area contributed by atoms with Gasteiger partial charge < -0.3 is 0 Å². The second-order valence-electron chi connectivity index (χ2n) is 3.30. The predicted octanol–water partition coefficient (Wildman–Crippen LogP) is 1.16. The van der Waals surface area contributed by atoms with Crippen molar-refractivity contribution >= 4 is 10.0 Å². The molecule has 1 saturated carbocycles. The highest BCUT2D eigenvalue weighted by molar-refractivity contribution is 7.90. The van der Waals surface area contributed by atoms with Crippen molar-refractivity contribution in [2.45, 2.75) is 30.9 Å². The van der Waals surface area contributed by atoms with E-state index >= 15 is 0 Å². The Morgan fingerprint density at radius 2 is 2.07 bits per heavy atom. The van der Waals surface area contributed by atoms with Crippen LogP contribution >= 0.6 is 0 Å². The van der Waals surface area contributed by atoms with Crippen molar-refractivity contribution in [2.75, 3.05) is 13.1 Å². The number of nitrogens with zero attached hydrogens (tertiary/aromatic N) is 3. The summed E-state index contributed by atoms with van der Waals surface area (Å²) in [5.41, 5.74) is 7.99. The van der Waals surface area contributed by atoms with E-state index in [-0.39, 0.29) is 18.3 Å². The molecule has 0 bridgehead atoms. The van der Waals surface area contributed by atoms with E-state index in [9.17, 15) is 8.42 Å². The number of azide groups is 1. The van der Waals surface area contributed by atoms with E-state index in [1.807, 2.05) is 0 Å². The zero-order valence-corrected chi connectivity index (χ0v) is 8.70. The molecular formula is C7H14N4O2S. The number of hydrogen-bond acceptors (Lipinski definition) is 3. The minimum absolute atomic E-state index is 0.169. The van der Waals surface area contributed by atoms with Crippen LogP contribution in [-0.4, -0.2) is 26.8 Å². The van der Waals surface area contributed by atoms with Crippen LogP contribution in [0.3, 0.4) is 0 Å². The summed E-state index contributed by atoms with van der Waals surface area (Å²) >= 11 is 0. The van der Waals surface area contributed by atoms with E-state index in [2.05, 4.69) is 14.7 Å². The Bertz CT molecular complexity index is 315. The minimum Gasteiger partial charge on any atom is -0.215 e. The molecule has 7 heteroatoms. The molecule has 1 aliphatic carbocycles. The summed E-state index contributed by atoms with van der Waals surface area (Å²) in [7, 11) is -3.17. The fraction of sp³-hybridized carbons (Fsp3) is 1.00. The molecule has 1 aliphatic rings. The van der Waals surface area contributed by atoms with E-state index in [1.165, 1.54) is 0 Å². The monoisotopic (exact) mass is 218 g/mol. The first-order valence-corrected chi connectivity index (χ1v) is 6.21. The maximum absolute atomic E-state index is 11.6. The van der Waals surface area contributed by atoms with E-state index in [4.69, 9.17) is 5.53 Å². The fourth-order valence-corrected chi connectivity index (χ4v) is 3.16. The highest BCUT2D eigenvalue weighted by Gasteiger charge is 2.27. The molecule has 6 nitrogen and oxygen atoms in total. The van der Waals surface area contributed by atoms with Crippen molar-refractivity contribution in [1.29, 1.82) is 0 Å². The number of sulfonamides is 1. The Kier molecular flexibility index (Phi) is 4.19. The molecule has 0 aliphatic heterocycles. The van der Waals surface area contributed by atoms with Crippen LogP contribution in [0.2, 0.25) is 0 Å². The molecule has 0 amide bonds. The highest BCUT2D eigenvalue weighted by Crippen LogP contribution is 2.23.